The first kappa shape index (κ1) is 18.7. The molecule has 3 aromatic rings. The van der Waals surface area contributed by atoms with Crippen molar-refractivity contribution in [3.05, 3.63) is 30.5 Å². The van der Waals surface area contributed by atoms with Crippen molar-refractivity contribution < 1.29 is 4.79 Å². The molecule has 29 heavy (non-hydrogen) atoms. The van der Waals surface area contributed by atoms with Gasteiger partial charge in [0.15, 0.2) is 11.0 Å². The second-order valence-corrected chi connectivity index (χ2v) is 9.03. The van der Waals surface area contributed by atoms with Crippen molar-refractivity contribution in [2.45, 2.75) is 62.7 Å². The molecular weight excluding hydrogens is 382 g/mol. The quantitative estimate of drug-likeness (QED) is 0.602. The minimum Gasteiger partial charge on any atom is -0.360 e. The molecule has 1 aromatic carbocycles. The second-order valence-electron chi connectivity index (χ2n) is 8.09. The fourth-order valence-corrected chi connectivity index (χ4v) is 5.33. The molecule has 0 bridgehead atoms. The van der Waals surface area contributed by atoms with E-state index < -0.39 is 0 Å². The summed E-state index contributed by atoms with van der Waals surface area (Å²) in [5, 5.41) is 11.1. The van der Waals surface area contributed by atoms with Gasteiger partial charge in [-0.2, -0.15) is 0 Å². The Kier molecular flexibility index (Phi) is 5.08. The van der Waals surface area contributed by atoms with E-state index in [1.165, 1.54) is 6.42 Å². The molecule has 1 saturated carbocycles. The molecule has 1 aliphatic carbocycles. The summed E-state index contributed by atoms with van der Waals surface area (Å²) in [6.45, 7) is 3.08. The van der Waals surface area contributed by atoms with Crippen LogP contribution in [-0.4, -0.2) is 48.9 Å². The van der Waals surface area contributed by atoms with Crippen LogP contribution in [-0.2, 0) is 4.79 Å². The third kappa shape index (κ3) is 3.56. The molecule has 1 atom stereocenters. The lowest BCUT2D eigenvalue weighted by Gasteiger charge is -2.35. The Labute approximate surface area is 175 Å². The molecule has 3 heterocycles. The zero-order valence-corrected chi connectivity index (χ0v) is 17.6. The molecule has 2 aliphatic rings. The maximum Gasteiger partial charge on any atom is 0.233 e. The molecule has 0 radical (unpaired) electrons. The van der Waals surface area contributed by atoms with Crippen molar-refractivity contribution in [3.63, 3.8) is 0 Å². The number of hydrogen-bond acceptors (Lipinski definition) is 4. The largest absolute Gasteiger partial charge is 0.360 e. The number of benzene rings is 1. The Morgan fingerprint density at radius 2 is 2.07 bits per heavy atom. The summed E-state index contributed by atoms with van der Waals surface area (Å²) in [4.78, 5) is 18.3. The number of nitrogens with one attached hydrogen (secondary N) is 1. The standard InChI is InChI=1S/C22H27N5OS/c1-2-15-7-5-6-12-26(15)20(28)14-29-22-25-24-21(27(22)16-10-11-16)18-13-23-19-9-4-3-8-17(18)19/h3-4,8-9,13,15-16,23H,2,5-7,10-12,14H2,1H3/t15-/m0/s1. The van der Waals surface area contributed by atoms with Crippen LogP contribution in [0.1, 0.15) is 51.5 Å². The molecule has 5 rings (SSSR count). The molecule has 2 aromatic heterocycles. The van der Waals surface area contributed by atoms with Crippen molar-refractivity contribution in [3.8, 4) is 11.4 Å². The number of carbonyl (C=O) groups excluding carboxylic acids is 1. The maximum atomic E-state index is 12.9. The average molecular weight is 410 g/mol. The summed E-state index contributed by atoms with van der Waals surface area (Å²) in [5.74, 6) is 1.58. The Morgan fingerprint density at radius 3 is 2.90 bits per heavy atom. The van der Waals surface area contributed by atoms with E-state index in [0.29, 0.717) is 17.8 Å². The minimum absolute atomic E-state index is 0.237. The molecule has 1 saturated heterocycles. The highest BCUT2D eigenvalue weighted by atomic mass is 32.2. The van der Waals surface area contributed by atoms with E-state index >= 15 is 0 Å². The lowest BCUT2D eigenvalue weighted by molar-refractivity contribution is -0.132. The molecule has 7 heteroatoms. The number of nitrogens with zero attached hydrogens (tertiary/aromatic N) is 4. The summed E-state index contributed by atoms with van der Waals surface area (Å²) in [5.41, 5.74) is 2.19. The van der Waals surface area contributed by atoms with Gasteiger partial charge >= 0.3 is 0 Å². The minimum atomic E-state index is 0.237. The molecule has 1 amide bonds. The summed E-state index contributed by atoms with van der Waals surface area (Å²) < 4.78 is 2.25. The lowest BCUT2D eigenvalue weighted by Crippen LogP contribution is -2.44. The molecular formula is C22H27N5OS. The van der Waals surface area contributed by atoms with Crippen molar-refractivity contribution in [2.75, 3.05) is 12.3 Å². The predicted molar refractivity (Wildman–Crippen MR) is 116 cm³/mol. The van der Waals surface area contributed by atoms with E-state index in [0.717, 1.165) is 66.1 Å². The number of carbonyl (C=O) groups is 1. The van der Waals surface area contributed by atoms with Crippen LogP contribution in [0, 0.1) is 0 Å². The summed E-state index contributed by atoms with van der Waals surface area (Å²) in [6.07, 6.45) is 8.86. The predicted octanol–water partition coefficient (Wildman–Crippen LogP) is 4.64. The van der Waals surface area contributed by atoms with E-state index in [1.54, 1.807) is 11.8 Å². The normalized spacial score (nSPS) is 19.8. The van der Waals surface area contributed by atoms with Crippen LogP contribution >= 0.6 is 11.8 Å². The highest BCUT2D eigenvalue weighted by Gasteiger charge is 2.32. The van der Waals surface area contributed by atoms with Gasteiger partial charge in [0.1, 0.15) is 0 Å². The van der Waals surface area contributed by atoms with Gasteiger partial charge in [-0.25, -0.2) is 0 Å². The summed E-state index contributed by atoms with van der Waals surface area (Å²) >= 11 is 1.54. The van der Waals surface area contributed by atoms with E-state index in [-0.39, 0.29) is 5.91 Å². The SMILES string of the molecule is CC[C@H]1CCCCN1C(=O)CSc1nnc(-c2c[nH]c3ccccc23)n1C1CC1. The third-order valence-electron chi connectivity index (χ3n) is 6.15. The Morgan fingerprint density at radius 1 is 1.21 bits per heavy atom. The molecule has 2 fully saturated rings. The number of aromatic nitrogens is 4. The first-order chi connectivity index (χ1) is 14.3. The fourth-order valence-electron chi connectivity index (χ4n) is 4.44. The van der Waals surface area contributed by atoms with E-state index in [9.17, 15) is 4.79 Å². The number of piperidine rings is 1. The molecule has 1 N–H and O–H groups in total. The lowest BCUT2D eigenvalue weighted by atomic mass is 10.0. The van der Waals surface area contributed by atoms with Crippen LogP contribution < -0.4 is 0 Å². The Bertz CT molecular complexity index is 1020. The van der Waals surface area contributed by atoms with E-state index in [2.05, 4.69) is 49.8 Å². The zero-order valence-electron chi connectivity index (χ0n) is 16.8. The monoisotopic (exact) mass is 409 g/mol. The van der Waals surface area contributed by atoms with Gasteiger partial charge in [0.2, 0.25) is 5.91 Å². The molecule has 0 unspecified atom stereocenters. The summed E-state index contributed by atoms with van der Waals surface area (Å²) in [7, 11) is 0. The van der Waals surface area contributed by atoms with Crippen molar-refractivity contribution in [2.24, 2.45) is 0 Å². The van der Waals surface area contributed by atoms with Gasteiger partial charge in [-0.15, -0.1) is 10.2 Å². The van der Waals surface area contributed by atoms with E-state index in [1.807, 2.05) is 12.3 Å². The number of rotatable bonds is 6. The molecule has 6 nitrogen and oxygen atoms in total. The highest BCUT2D eigenvalue weighted by molar-refractivity contribution is 7.99. The first-order valence-electron chi connectivity index (χ1n) is 10.7. The van der Waals surface area contributed by atoms with E-state index in [4.69, 9.17) is 0 Å². The van der Waals surface area contributed by atoms with Crippen LogP contribution in [0.4, 0.5) is 0 Å². The highest BCUT2D eigenvalue weighted by Crippen LogP contribution is 2.42. The fraction of sp³-hybridized carbons (Fsp3) is 0.500. The number of amides is 1. The number of likely N-dealkylation sites (tertiary alicyclic amines) is 1. The zero-order chi connectivity index (χ0) is 19.8. The number of thioether (sulfide) groups is 1. The van der Waals surface area contributed by atoms with Crippen molar-refractivity contribution in [1.29, 1.82) is 0 Å². The number of para-hydroxylation sites is 1. The van der Waals surface area contributed by atoms with Gasteiger partial charge in [-0.05, 0) is 44.6 Å². The number of H-pyrrole nitrogens is 1. The summed E-state index contributed by atoms with van der Waals surface area (Å²) in [6, 6.07) is 9.13. The molecule has 1 aliphatic heterocycles. The third-order valence-corrected chi connectivity index (χ3v) is 7.08. The second kappa shape index (κ2) is 7.86. The molecule has 0 spiro atoms. The van der Waals surface area contributed by atoms with Crippen LogP contribution in [0.5, 0.6) is 0 Å². The maximum absolute atomic E-state index is 12.9. The number of hydrogen-bond donors (Lipinski definition) is 1. The van der Waals surface area contributed by atoms with Gasteiger partial charge in [0.05, 0.1) is 5.75 Å². The Hall–Kier alpha value is -2.28. The van der Waals surface area contributed by atoms with Crippen LogP contribution in [0.25, 0.3) is 22.3 Å². The van der Waals surface area contributed by atoms with Gasteiger partial charge in [-0.1, -0.05) is 36.9 Å². The van der Waals surface area contributed by atoms with Gasteiger partial charge < -0.3 is 9.88 Å². The van der Waals surface area contributed by atoms with Crippen molar-refractivity contribution >= 4 is 28.6 Å². The van der Waals surface area contributed by atoms with Crippen molar-refractivity contribution in [1.82, 2.24) is 24.6 Å². The first-order valence-corrected chi connectivity index (χ1v) is 11.7. The smallest absolute Gasteiger partial charge is 0.233 e. The van der Waals surface area contributed by atoms with Crippen LogP contribution in [0.2, 0.25) is 0 Å². The van der Waals surface area contributed by atoms with Gasteiger partial charge in [0, 0.05) is 41.3 Å². The van der Waals surface area contributed by atoms with Crippen LogP contribution in [0.3, 0.4) is 0 Å². The van der Waals surface area contributed by atoms with Gasteiger partial charge in [0.25, 0.3) is 0 Å². The Balaban J connectivity index is 1.38. The molecule has 152 valence electrons. The number of fused-ring (bicyclic) bond motifs is 1. The topological polar surface area (TPSA) is 66.8 Å². The van der Waals surface area contributed by atoms with Crippen LogP contribution in [0.15, 0.2) is 35.6 Å². The average Bonchev–Trinajstić information content (AvgIpc) is 3.38. The van der Waals surface area contributed by atoms with Gasteiger partial charge in [-0.3, -0.25) is 9.36 Å². The number of aromatic amines is 1.